The van der Waals surface area contributed by atoms with E-state index in [1.807, 2.05) is 0 Å². The number of halogens is 4. The summed E-state index contributed by atoms with van der Waals surface area (Å²) in [5, 5.41) is 0.0245. The highest BCUT2D eigenvalue weighted by Gasteiger charge is 2.77. The molecule has 1 aromatic carbocycles. The van der Waals surface area contributed by atoms with Crippen molar-refractivity contribution in [3.63, 3.8) is 0 Å². The maximum absolute atomic E-state index is 13.3. The normalized spacial score (nSPS) is 40.0. The van der Waals surface area contributed by atoms with Crippen molar-refractivity contribution in [1.82, 2.24) is 0 Å². The highest BCUT2D eigenvalue weighted by Crippen LogP contribution is 2.69. The van der Waals surface area contributed by atoms with E-state index in [2.05, 4.69) is 0 Å². The number of ether oxygens (including phenoxy) is 1. The van der Waals surface area contributed by atoms with Crippen molar-refractivity contribution in [3.8, 4) is 5.75 Å². The second-order valence-corrected chi connectivity index (χ2v) is 11.5. The van der Waals surface area contributed by atoms with Gasteiger partial charge in [0.05, 0.1) is 0 Å². The van der Waals surface area contributed by atoms with Gasteiger partial charge < -0.3 is 9.26 Å². The van der Waals surface area contributed by atoms with E-state index >= 15 is 0 Å². The largest absolute Gasteiger partial charge is 0.524 e. The van der Waals surface area contributed by atoms with Gasteiger partial charge in [0.25, 0.3) is 5.79 Å². The molecule has 4 unspecified atom stereocenters. The van der Waals surface area contributed by atoms with Gasteiger partial charge in [0.15, 0.2) is 5.60 Å². The molecule has 1 aliphatic heterocycles. The molecule has 4 atom stereocenters. The van der Waals surface area contributed by atoms with Crippen LogP contribution >= 0.6 is 19.4 Å². The van der Waals surface area contributed by atoms with Crippen LogP contribution in [0.4, 0.5) is 13.2 Å². The van der Waals surface area contributed by atoms with Gasteiger partial charge in [0.2, 0.25) is 0 Å². The second kappa shape index (κ2) is 7.82. The van der Waals surface area contributed by atoms with Crippen molar-refractivity contribution in [1.29, 1.82) is 0 Å². The Kier molecular flexibility index (Phi) is 5.65. The third-order valence-electron chi connectivity index (χ3n) is 7.73. The number of hydrogen-bond acceptors (Lipinski definition) is 5. The van der Waals surface area contributed by atoms with Gasteiger partial charge in [-0.15, -0.1) is 11.6 Å². The lowest BCUT2D eigenvalue weighted by molar-refractivity contribution is -0.648. The van der Waals surface area contributed by atoms with Gasteiger partial charge in [-0.1, -0.05) is 12.1 Å². The zero-order valence-electron chi connectivity index (χ0n) is 17.8. The summed E-state index contributed by atoms with van der Waals surface area (Å²) < 4.78 is 61.6. The molecule has 5 aliphatic rings. The Bertz CT molecular complexity index is 969. The highest BCUT2D eigenvalue weighted by atomic mass is 35.5. The van der Waals surface area contributed by atoms with Crippen molar-refractivity contribution in [3.05, 3.63) is 29.3 Å². The van der Waals surface area contributed by atoms with Crippen LogP contribution in [0.25, 0.3) is 0 Å². The van der Waals surface area contributed by atoms with Crippen LogP contribution in [-0.4, -0.2) is 33.5 Å². The molecule has 6 rings (SSSR count). The summed E-state index contributed by atoms with van der Waals surface area (Å²) in [6.45, 7) is 0.00462. The Morgan fingerprint density at radius 3 is 2.36 bits per heavy atom. The van der Waals surface area contributed by atoms with E-state index in [1.165, 1.54) is 18.2 Å². The Morgan fingerprint density at radius 2 is 1.82 bits per heavy atom. The third-order valence-corrected chi connectivity index (χ3v) is 8.70. The molecule has 4 bridgehead atoms. The van der Waals surface area contributed by atoms with Gasteiger partial charge >= 0.3 is 14.0 Å². The van der Waals surface area contributed by atoms with Crippen LogP contribution in [-0.2, 0) is 24.9 Å². The Morgan fingerprint density at radius 1 is 1.15 bits per heavy atom. The summed E-state index contributed by atoms with van der Waals surface area (Å²) in [5.74, 6) is -1.70. The lowest BCUT2D eigenvalue weighted by Gasteiger charge is -2.65. The summed E-state index contributed by atoms with van der Waals surface area (Å²) in [7, 11) is -4.90. The van der Waals surface area contributed by atoms with Gasteiger partial charge in [0.1, 0.15) is 12.4 Å². The zero-order chi connectivity index (χ0) is 23.8. The summed E-state index contributed by atoms with van der Waals surface area (Å²) in [6.07, 6.45) is -0.869. The van der Waals surface area contributed by atoms with E-state index in [-0.39, 0.29) is 34.4 Å². The molecule has 1 heterocycles. The molecule has 0 amide bonds. The third kappa shape index (κ3) is 3.92. The van der Waals surface area contributed by atoms with Gasteiger partial charge in [-0.2, -0.15) is 18.1 Å². The minimum atomic E-state index is -4.90. The molecule has 1 aromatic rings. The first kappa shape index (κ1) is 23.9. The molecular formula is C21H25ClF3O7P. The number of benzene rings is 1. The first-order valence-electron chi connectivity index (χ1n) is 10.9. The van der Waals surface area contributed by atoms with Crippen LogP contribution in [0.1, 0.15) is 43.2 Å². The SMILES string of the molecule is Cc1ccc(C2(OCC(F)(F)F)OOC23C2CC4CC(Cl)C(C2)CC3C4)cc1OP(=O)(O)O. The topological polar surface area (TPSA) is 94.5 Å². The summed E-state index contributed by atoms with van der Waals surface area (Å²) in [6, 6.07) is 4.32. The summed E-state index contributed by atoms with van der Waals surface area (Å²) in [5.41, 5.74) is -0.587. The number of fused-ring (bicyclic) bond motifs is 1. The molecule has 4 aliphatic carbocycles. The quantitative estimate of drug-likeness (QED) is 0.327. The maximum atomic E-state index is 13.3. The molecular weight excluding hydrogens is 488 g/mol. The van der Waals surface area contributed by atoms with Gasteiger partial charge in [-0.25, -0.2) is 9.45 Å². The molecule has 33 heavy (non-hydrogen) atoms. The molecule has 0 aromatic heterocycles. The van der Waals surface area contributed by atoms with Crippen LogP contribution in [0.5, 0.6) is 5.75 Å². The van der Waals surface area contributed by atoms with Crippen molar-refractivity contribution in [2.75, 3.05) is 6.61 Å². The van der Waals surface area contributed by atoms with Crippen LogP contribution in [0.15, 0.2) is 18.2 Å². The number of rotatable bonds is 5. The average Bonchev–Trinajstić information content (AvgIpc) is 2.86. The van der Waals surface area contributed by atoms with E-state index in [9.17, 15) is 27.5 Å². The summed E-state index contributed by atoms with van der Waals surface area (Å²) in [4.78, 5) is 29.8. The summed E-state index contributed by atoms with van der Waals surface area (Å²) >= 11 is 6.63. The fourth-order valence-corrected chi connectivity index (χ4v) is 7.46. The van der Waals surface area contributed by atoms with Crippen molar-refractivity contribution in [2.45, 2.75) is 62.0 Å². The van der Waals surface area contributed by atoms with E-state index in [0.717, 1.165) is 19.3 Å². The Labute approximate surface area is 193 Å². The smallest absolute Gasteiger partial charge is 0.404 e. The van der Waals surface area contributed by atoms with Gasteiger partial charge in [-0.05, 0) is 74.3 Å². The molecule has 4 saturated carbocycles. The zero-order valence-corrected chi connectivity index (χ0v) is 19.4. The van der Waals surface area contributed by atoms with Gasteiger partial charge in [-0.3, -0.25) is 9.79 Å². The maximum Gasteiger partial charge on any atom is 0.524 e. The van der Waals surface area contributed by atoms with E-state index in [0.29, 0.717) is 24.3 Å². The van der Waals surface area contributed by atoms with Crippen LogP contribution in [0.3, 0.4) is 0 Å². The molecule has 1 spiro atoms. The molecule has 12 heteroatoms. The lowest BCUT2D eigenvalue weighted by Crippen LogP contribution is -2.75. The fourth-order valence-electron chi connectivity index (χ4n) is 6.55. The Balaban J connectivity index is 1.59. The standard InChI is InChI=1S/C21H25ClF3O7P/c1-11-2-3-14(9-18(11)30-33(26,27)28)21(29-10-19(23,24)25)20(31-32-21)15-4-12-5-16(20)8-13(7-15)17(22)6-12/h2-3,9,12-13,15-17H,4-8,10H2,1H3,(H2,26,27,28). The first-order valence-corrected chi connectivity index (χ1v) is 12.9. The number of hydrogen-bond donors (Lipinski definition) is 2. The van der Waals surface area contributed by atoms with Crippen molar-refractivity contribution < 1.29 is 46.6 Å². The molecule has 2 N–H and O–H groups in total. The number of aryl methyl sites for hydroxylation is 1. The van der Waals surface area contributed by atoms with Crippen LogP contribution in [0, 0.1) is 30.6 Å². The predicted molar refractivity (Wildman–Crippen MR) is 109 cm³/mol. The predicted octanol–water partition coefficient (Wildman–Crippen LogP) is 4.96. The van der Waals surface area contributed by atoms with E-state index in [1.54, 1.807) is 6.92 Å². The molecule has 1 saturated heterocycles. The van der Waals surface area contributed by atoms with Crippen molar-refractivity contribution >= 4 is 19.4 Å². The van der Waals surface area contributed by atoms with E-state index in [4.69, 9.17) is 30.6 Å². The fraction of sp³-hybridized carbons (Fsp3) is 0.714. The van der Waals surface area contributed by atoms with Gasteiger partial charge in [0, 0.05) is 10.9 Å². The monoisotopic (exact) mass is 512 g/mol. The Hall–Kier alpha value is -0.870. The molecule has 7 nitrogen and oxygen atoms in total. The number of phosphoric ester groups is 1. The molecule has 5 fully saturated rings. The van der Waals surface area contributed by atoms with E-state index < -0.39 is 32.0 Å². The van der Waals surface area contributed by atoms with Crippen molar-refractivity contribution in [2.24, 2.45) is 23.7 Å². The minimum Gasteiger partial charge on any atom is -0.404 e. The highest BCUT2D eigenvalue weighted by molar-refractivity contribution is 7.46. The van der Waals surface area contributed by atoms with Crippen LogP contribution in [0.2, 0.25) is 0 Å². The molecule has 0 radical (unpaired) electrons. The average molecular weight is 513 g/mol. The molecule has 184 valence electrons. The number of alkyl halides is 4. The van der Waals surface area contributed by atoms with Crippen LogP contribution < -0.4 is 4.52 Å². The minimum absolute atomic E-state index is 0.0245. The number of phosphoric acid groups is 1. The first-order chi connectivity index (χ1) is 15.3. The lowest BCUT2D eigenvalue weighted by atomic mass is 9.53. The second-order valence-electron chi connectivity index (χ2n) is 9.76.